The van der Waals surface area contributed by atoms with Gasteiger partial charge >= 0.3 is 5.00 Å². The van der Waals surface area contributed by atoms with E-state index in [1.165, 1.54) is 12.1 Å². The molecule has 2 fully saturated rings. The summed E-state index contributed by atoms with van der Waals surface area (Å²) in [6.07, 6.45) is 2.46. The van der Waals surface area contributed by atoms with E-state index in [-0.39, 0.29) is 16.8 Å². The second-order valence-electron chi connectivity index (χ2n) is 6.23. The molecule has 3 rings (SSSR count). The Morgan fingerprint density at radius 3 is 2.70 bits per heavy atom. The van der Waals surface area contributed by atoms with Crippen LogP contribution in [0.4, 0.5) is 5.00 Å². The predicted octanol–water partition coefficient (Wildman–Crippen LogP) is 2.13. The van der Waals surface area contributed by atoms with E-state index in [1.807, 2.05) is 4.90 Å². The number of thiophene rings is 1. The lowest BCUT2D eigenvalue weighted by Crippen LogP contribution is -2.47. The van der Waals surface area contributed by atoms with E-state index in [2.05, 4.69) is 6.92 Å². The maximum Gasteiger partial charge on any atom is 0.324 e. The van der Waals surface area contributed by atoms with Crippen LogP contribution in [0.1, 0.15) is 35.9 Å². The Morgan fingerprint density at radius 1 is 1.30 bits per heavy atom. The SMILES string of the molecule is CC1CCN(C(=O)C2CCCN2C(=O)c2ccc([N+](=O)[O-])s2)C1. The number of amides is 2. The number of carbonyl (C=O) groups is 2. The molecule has 7 nitrogen and oxygen atoms in total. The summed E-state index contributed by atoms with van der Waals surface area (Å²) in [5, 5.41) is 10.7. The van der Waals surface area contributed by atoms with Crippen molar-refractivity contribution in [3.05, 3.63) is 27.1 Å². The van der Waals surface area contributed by atoms with E-state index < -0.39 is 11.0 Å². The minimum absolute atomic E-state index is 0.0197. The molecule has 0 radical (unpaired) electrons. The van der Waals surface area contributed by atoms with Gasteiger partial charge in [-0.15, -0.1) is 0 Å². The molecule has 0 aromatic carbocycles. The lowest BCUT2D eigenvalue weighted by atomic mass is 10.1. The largest absolute Gasteiger partial charge is 0.341 e. The summed E-state index contributed by atoms with van der Waals surface area (Å²) in [7, 11) is 0. The van der Waals surface area contributed by atoms with E-state index in [9.17, 15) is 19.7 Å². The van der Waals surface area contributed by atoms with Crippen molar-refractivity contribution in [1.82, 2.24) is 9.80 Å². The van der Waals surface area contributed by atoms with Gasteiger partial charge in [0.05, 0.1) is 9.80 Å². The molecule has 2 atom stereocenters. The zero-order valence-corrected chi connectivity index (χ0v) is 13.8. The second kappa shape index (κ2) is 6.27. The van der Waals surface area contributed by atoms with Gasteiger partial charge in [0.25, 0.3) is 5.91 Å². The zero-order chi connectivity index (χ0) is 16.6. The monoisotopic (exact) mass is 337 g/mol. The average Bonchev–Trinajstić information content (AvgIpc) is 3.25. The number of rotatable bonds is 3. The molecule has 0 bridgehead atoms. The molecule has 1 aromatic heterocycles. The van der Waals surface area contributed by atoms with Crippen molar-refractivity contribution in [3.8, 4) is 0 Å². The van der Waals surface area contributed by atoms with Gasteiger partial charge in [-0.25, -0.2) is 0 Å². The molecule has 0 N–H and O–H groups in total. The smallest absolute Gasteiger partial charge is 0.324 e. The van der Waals surface area contributed by atoms with Crippen LogP contribution in [0.3, 0.4) is 0 Å². The Bertz CT molecular complexity index is 644. The number of hydrogen-bond acceptors (Lipinski definition) is 5. The first-order chi connectivity index (χ1) is 11.0. The lowest BCUT2D eigenvalue weighted by molar-refractivity contribution is -0.380. The van der Waals surface area contributed by atoms with Crippen LogP contribution in [-0.2, 0) is 4.79 Å². The fraction of sp³-hybridized carbons (Fsp3) is 0.600. The number of hydrogen-bond donors (Lipinski definition) is 0. The van der Waals surface area contributed by atoms with Crippen molar-refractivity contribution in [2.24, 2.45) is 5.92 Å². The summed E-state index contributed by atoms with van der Waals surface area (Å²) in [6.45, 7) is 4.16. The molecule has 1 aromatic rings. The average molecular weight is 337 g/mol. The number of nitro groups is 1. The summed E-state index contributed by atoms with van der Waals surface area (Å²) >= 11 is 0.867. The predicted molar refractivity (Wildman–Crippen MR) is 85.4 cm³/mol. The van der Waals surface area contributed by atoms with Gasteiger partial charge in [-0.05, 0) is 31.2 Å². The molecular weight excluding hydrogens is 318 g/mol. The highest BCUT2D eigenvalue weighted by Gasteiger charge is 2.39. The minimum atomic E-state index is -0.500. The molecule has 2 unspecified atom stereocenters. The molecule has 3 heterocycles. The highest BCUT2D eigenvalue weighted by atomic mass is 32.1. The molecule has 23 heavy (non-hydrogen) atoms. The Balaban J connectivity index is 1.74. The van der Waals surface area contributed by atoms with Crippen molar-refractivity contribution in [1.29, 1.82) is 0 Å². The van der Waals surface area contributed by atoms with E-state index in [0.717, 1.165) is 37.3 Å². The maximum absolute atomic E-state index is 12.7. The van der Waals surface area contributed by atoms with Crippen molar-refractivity contribution >= 4 is 28.2 Å². The summed E-state index contributed by atoms with van der Waals surface area (Å²) in [4.78, 5) is 39.3. The molecule has 124 valence electrons. The Kier molecular flexibility index (Phi) is 4.34. The third-order valence-electron chi connectivity index (χ3n) is 4.52. The summed E-state index contributed by atoms with van der Waals surface area (Å²) in [5.41, 5.74) is 0. The minimum Gasteiger partial charge on any atom is -0.341 e. The van der Waals surface area contributed by atoms with Gasteiger partial charge in [0.1, 0.15) is 6.04 Å². The summed E-state index contributed by atoms with van der Waals surface area (Å²) in [6, 6.07) is 2.39. The maximum atomic E-state index is 12.7. The van der Waals surface area contributed by atoms with Crippen LogP contribution in [0, 0.1) is 16.0 Å². The van der Waals surface area contributed by atoms with Gasteiger partial charge in [0.15, 0.2) is 0 Å². The van der Waals surface area contributed by atoms with Crippen LogP contribution < -0.4 is 0 Å². The van der Waals surface area contributed by atoms with E-state index in [4.69, 9.17) is 0 Å². The molecule has 0 aliphatic carbocycles. The van der Waals surface area contributed by atoms with Crippen LogP contribution in [-0.4, -0.2) is 52.2 Å². The highest BCUT2D eigenvalue weighted by Crippen LogP contribution is 2.29. The van der Waals surface area contributed by atoms with Crippen molar-refractivity contribution in [2.75, 3.05) is 19.6 Å². The van der Waals surface area contributed by atoms with Crippen molar-refractivity contribution in [2.45, 2.75) is 32.2 Å². The highest BCUT2D eigenvalue weighted by molar-refractivity contribution is 7.17. The number of nitrogens with zero attached hydrogens (tertiary/aromatic N) is 3. The van der Waals surface area contributed by atoms with Gasteiger partial charge in [0.2, 0.25) is 5.91 Å². The molecule has 0 saturated carbocycles. The molecule has 2 saturated heterocycles. The lowest BCUT2D eigenvalue weighted by Gasteiger charge is -2.27. The van der Waals surface area contributed by atoms with E-state index in [0.29, 0.717) is 23.8 Å². The first kappa shape index (κ1) is 15.9. The summed E-state index contributed by atoms with van der Waals surface area (Å²) in [5.74, 6) is 0.252. The first-order valence-electron chi connectivity index (χ1n) is 7.81. The van der Waals surface area contributed by atoms with E-state index in [1.54, 1.807) is 4.90 Å². The van der Waals surface area contributed by atoms with Crippen LogP contribution in [0.25, 0.3) is 0 Å². The van der Waals surface area contributed by atoms with Crippen LogP contribution >= 0.6 is 11.3 Å². The molecule has 2 aliphatic heterocycles. The molecular formula is C15H19N3O4S. The molecule has 2 amide bonds. The van der Waals surface area contributed by atoms with E-state index >= 15 is 0 Å². The van der Waals surface area contributed by atoms with Crippen LogP contribution in [0.5, 0.6) is 0 Å². The van der Waals surface area contributed by atoms with Gasteiger partial charge < -0.3 is 9.80 Å². The topological polar surface area (TPSA) is 83.8 Å². The number of carbonyl (C=O) groups excluding carboxylic acids is 2. The zero-order valence-electron chi connectivity index (χ0n) is 12.9. The number of likely N-dealkylation sites (tertiary alicyclic amines) is 2. The Labute approximate surface area is 138 Å². The van der Waals surface area contributed by atoms with Crippen LogP contribution in [0.15, 0.2) is 12.1 Å². The second-order valence-corrected chi connectivity index (χ2v) is 7.29. The summed E-state index contributed by atoms with van der Waals surface area (Å²) < 4.78 is 0. The van der Waals surface area contributed by atoms with Gasteiger partial charge in [0, 0.05) is 25.7 Å². The third-order valence-corrected chi connectivity index (χ3v) is 5.54. The normalized spacial score (nSPS) is 24.2. The molecule has 0 spiro atoms. The fourth-order valence-corrected chi connectivity index (χ4v) is 4.07. The Morgan fingerprint density at radius 2 is 2.09 bits per heavy atom. The van der Waals surface area contributed by atoms with Crippen LogP contribution in [0.2, 0.25) is 0 Å². The first-order valence-corrected chi connectivity index (χ1v) is 8.63. The van der Waals surface area contributed by atoms with Crippen molar-refractivity contribution < 1.29 is 14.5 Å². The standard InChI is InChI=1S/C15H19N3O4S/c1-10-6-8-16(9-10)14(19)11-3-2-7-17(11)15(20)12-4-5-13(23-12)18(21)22/h4-5,10-11H,2-3,6-9H2,1H3. The molecule has 2 aliphatic rings. The van der Waals surface area contributed by atoms with Gasteiger partial charge in [-0.1, -0.05) is 18.3 Å². The third kappa shape index (κ3) is 3.08. The Hall–Kier alpha value is -1.96. The quantitative estimate of drug-likeness (QED) is 0.625. The molecule has 8 heteroatoms. The fourth-order valence-electron chi connectivity index (χ4n) is 3.29. The van der Waals surface area contributed by atoms with Gasteiger partial charge in [-0.2, -0.15) is 0 Å². The van der Waals surface area contributed by atoms with Gasteiger partial charge in [-0.3, -0.25) is 19.7 Å². The van der Waals surface area contributed by atoms with Crippen molar-refractivity contribution in [3.63, 3.8) is 0 Å².